The van der Waals surface area contributed by atoms with Crippen molar-refractivity contribution in [1.82, 2.24) is 5.32 Å². The molecule has 1 aromatic rings. The van der Waals surface area contributed by atoms with Crippen molar-refractivity contribution in [2.24, 2.45) is 5.41 Å². The second-order valence-corrected chi connectivity index (χ2v) is 5.79. The van der Waals surface area contributed by atoms with E-state index in [1.807, 2.05) is 18.2 Å². The van der Waals surface area contributed by atoms with Crippen LogP contribution in [-0.4, -0.2) is 19.6 Å². The van der Waals surface area contributed by atoms with Gasteiger partial charge in [0.25, 0.3) is 0 Å². The first-order chi connectivity index (χ1) is 9.13. The number of carbonyl (C=O) groups is 1. The zero-order chi connectivity index (χ0) is 13.7. The van der Waals surface area contributed by atoms with Crippen molar-refractivity contribution in [3.8, 4) is 0 Å². The Morgan fingerprint density at radius 1 is 1.32 bits per heavy atom. The second kappa shape index (κ2) is 6.20. The average molecular weight is 261 g/mol. The molecule has 1 aromatic carbocycles. The highest BCUT2D eigenvalue weighted by molar-refractivity contribution is 5.72. The maximum absolute atomic E-state index is 11.4. The molecule has 1 N–H and O–H groups in total. The van der Waals surface area contributed by atoms with Gasteiger partial charge in [-0.2, -0.15) is 0 Å². The first kappa shape index (κ1) is 14.1. The third-order valence-electron chi connectivity index (χ3n) is 4.11. The van der Waals surface area contributed by atoms with Crippen molar-refractivity contribution < 1.29 is 9.53 Å². The maximum Gasteiger partial charge on any atom is 0.309 e. The standard InChI is InChI=1S/C16H23NO2/c1-16(8-5-9-16)12-17-11-14-7-4-3-6-13(14)10-15(18)19-2/h3-4,6-7,17H,5,8-12H2,1-2H3. The van der Waals surface area contributed by atoms with Crippen LogP contribution in [0.5, 0.6) is 0 Å². The molecule has 0 bridgehead atoms. The number of hydrogen-bond donors (Lipinski definition) is 1. The Bertz CT molecular complexity index is 438. The summed E-state index contributed by atoms with van der Waals surface area (Å²) in [6.45, 7) is 4.21. The molecule has 3 heteroatoms. The quantitative estimate of drug-likeness (QED) is 0.800. The predicted molar refractivity (Wildman–Crippen MR) is 75.8 cm³/mol. The lowest BCUT2D eigenvalue weighted by Crippen LogP contribution is -2.37. The molecule has 104 valence electrons. The van der Waals surface area contributed by atoms with E-state index in [0.29, 0.717) is 11.8 Å². The van der Waals surface area contributed by atoms with Gasteiger partial charge < -0.3 is 10.1 Å². The minimum absolute atomic E-state index is 0.182. The highest BCUT2D eigenvalue weighted by Crippen LogP contribution is 2.39. The molecule has 3 nitrogen and oxygen atoms in total. The van der Waals surface area contributed by atoms with E-state index in [9.17, 15) is 4.79 Å². The van der Waals surface area contributed by atoms with E-state index in [1.54, 1.807) is 0 Å². The number of hydrogen-bond acceptors (Lipinski definition) is 3. The van der Waals surface area contributed by atoms with Gasteiger partial charge in [0, 0.05) is 13.1 Å². The molecule has 0 aromatic heterocycles. The fourth-order valence-corrected chi connectivity index (χ4v) is 2.59. The fourth-order valence-electron chi connectivity index (χ4n) is 2.59. The molecular weight excluding hydrogens is 238 g/mol. The molecule has 0 aliphatic heterocycles. The number of ether oxygens (including phenoxy) is 1. The predicted octanol–water partition coefficient (Wildman–Crippen LogP) is 2.68. The van der Waals surface area contributed by atoms with Gasteiger partial charge in [0.05, 0.1) is 13.5 Å². The van der Waals surface area contributed by atoms with Gasteiger partial charge in [-0.05, 0) is 29.4 Å². The van der Waals surface area contributed by atoms with Gasteiger partial charge in [-0.1, -0.05) is 37.6 Å². The van der Waals surface area contributed by atoms with Crippen LogP contribution in [0.3, 0.4) is 0 Å². The molecule has 1 aliphatic carbocycles. The van der Waals surface area contributed by atoms with Gasteiger partial charge in [-0.3, -0.25) is 4.79 Å². The summed E-state index contributed by atoms with van der Waals surface area (Å²) in [6.07, 6.45) is 4.36. The molecule has 1 aliphatic rings. The van der Waals surface area contributed by atoms with Crippen LogP contribution in [0, 0.1) is 5.41 Å². The third-order valence-corrected chi connectivity index (χ3v) is 4.11. The van der Waals surface area contributed by atoms with E-state index in [4.69, 9.17) is 4.74 Å². The second-order valence-electron chi connectivity index (χ2n) is 5.79. The van der Waals surface area contributed by atoms with E-state index in [1.165, 1.54) is 31.9 Å². The Kier molecular flexibility index (Phi) is 4.59. The van der Waals surface area contributed by atoms with Crippen LogP contribution >= 0.6 is 0 Å². The van der Waals surface area contributed by atoms with Gasteiger partial charge in [-0.25, -0.2) is 0 Å². The van der Waals surface area contributed by atoms with Crippen LogP contribution in [0.15, 0.2) is 24.3 Å². The van der Waals surface area contributed by atoms with Crippen LogP contribution in [0.4, 0.5) is 0 Å². The number of methoxy groups -OCH3 is 1. The van der Waals surface area contributed by atoms with Crippen LogP contribution in [0.2, 0.25) is 0 Å². The van der Waals surface area contributed by atoms with Crippen molar-refractivity contribution in [1.29, 1.82) is 0 Å². The summed E-state index contributed by atoms with van der Waals surface area (Å²) in [7, 11) is 1.43. The lowest BCUT2D eigenvalue weighted by Gasteiger charge is -2.38. The fraction of sp³-hybridized carbons (Fsp3) is 0.562. The van der Waals surface area contributed by atoms with Crippen LogP contribution < -0.4 is 5.32 Å². The monoisotopic (exact) mass is 261 g/mol. The van der Waals surface area contributed by atoms with Crippen molar-refractivity contribution in [2.75, 3.05) is 13.7 Å². The van der Waals surface area contributed by atoms with Crippen molar-refractivity contribution in [3.05, 3.63) is 35.4 Å². The lowest BCUT2D eigenvalue weighted by molar-refractivity contribution is -0.139. The van der Waals surface area contributed by atoms with Gasteiger partial charge in [0.1, 0.15) is 0 Å². The summed E-state index contributed by atoms with van der Waals surface area (Å²) in [5.74, 6) is -0.182. The summed E-state index contributed by atoms with van der Waals surface area (Å²) < 4.78 is 4.74. The number of esters is 1. The Morgan fingerprint density at radius 2 is 2.00 bits per heavy atom. The normalized spacial score (nSPS) is 16.7. The zero-order valence-corrected chi connectivity index (χ0v) is 11.9. The molecule has 0 atom stereocenters. The summed E-state index contributed by atoms with van der Waals surface area (Å²) >= 11 is 0. The Hall–Kier alpha value is -1.35. The SMILES string of the molecule is COC(=O)Cc1ccccc1CNCC1(C)CCC1. The summed E-state index contributed by atoms with van der Waals surface area (Å²) in [5, 5.41) is 3.52. The first-order valence-corrected chi connectivity index (χ1v) is 6.97. The molecule has 0 heterocycles. The van der Waals surface area contributed by atoms with E-state index in [0.717, 1.165) is 18.7 Å². The van der Waals surface area contributed by atoms with E-state index in [-0.39, 0.29) is 5.97 Å². The van der Waals surface area contributed by atoms with Crippen molar-refractivity contribution in [3.63, 3.8) is 0 Å². The highest BCUT2D eigenvalue weighted by Gasteiger charge is 2.30. The molecule has 2 rings (SSSR count). The summed E-state index contributed by atoms with van der Waals surface area (Å²) in [5.41, 5.74) is 2.73. The molecule has 0 radical (unpaired) electrons. The molecule has 19 heavy (non-hydrogen) atoms. The zero-order valence-electron chi connectivity index (χ0n) is 11.9. The van der Waals surface area contributed by atoms with E-state index < -0.39 is 0 Å². The smallest absolute Gasteiger partial charge is 0.309 e. The van der Waals surface area contributed by atoms with Gasteiger partial charge in [0.2, 0.25) is 0 Å². The first-order valence-electron chi connectivity index (χ1n) is 6.97. The number of benzene rings is 1. The molecule has 1 fully saturated rings. The molecule has 0 amide bonds. The number of rotatable bonds is 6. The Morgan fingerprint density at radius 3 is 2.58 bits per heavy atom. The third kappa shape index (κ3) is 3.80. The summed E-state index contributed by atoms with van der Waals surface area (Å²) in [6, 6.07) is 8.06. The summed E-state index contributed by atoms with van der Waals surface area (Å²) in [4.78, 5) is 11.4. The van der Waals surface area contributed by atoms with E-state index >= 15 is 0 Å². The van der Waals surface area contributed by atoms with Crippen molar-refractivity contribution >= 4 is 5.97 Å². The number of carbonyl (C=O) groups excluding carboxylic acids is 1. The van der Waals surface area contributed by atoms with E-state index in [2.05, 4.69) is 18.3 Å². The van der Waals surface area contributed by atoms with Gasteiger partial charge in [0.15, 0.2) is 0 Å². The lowest BCUT2D eigenvalue weighted by atomic mass is 9.70. The molecular formula is C16H23NO2. The minimum atomic E-state index is -0.182. The minimum Gasteiger partial charge on any atom is -0.469 e. The molecule has 1 saturated carbocycles. The topological polar surface area (TPSA) is 38.3 Å². The van der Waals surface area contributed by atoms with Crippen LogP contribution in [-0.2, 0) is 22.5 Å². The Balaban J connectivity index is 1.90. The average Bonchev–Trinajstić information content (AvgIpc) is 2.38. The van der Waals surface area contributed by atoms with Gasteiger partial charge >= 0.3 is 5.97 Å². The molecule has 0 unspecified atom stereocenters. The maximum atomic E-state index is 11.4. The van der Waals surface area contributed by atoms with Crippen molar-refractivity contribution in [2.45, 2.75) is 39.2 Å². The molecule has 0 saturated heterocycles. The van der Waals surface area contributed by atoms with Crippen LogP contribution in [0.1, 0.15) is 37.3 Å². The highest BCUT2D eigenvalue weighted by atomic mass is 16.5. The largest absolute Gasteiger partial charge is 0.469 e. The Labute approximate surface area is 115 Å². The molecule has 0 spiro atoms. The van der Waals surface area contributed by atoms with Crippen LogP contribution in [0.25, 0.3) is 0 Å². The number of nitrogens with one attached hydrogen (secondary N) is 1. The van der Waals surface area contributed by atoms with Gasteiger partial charge in [-0.15, -0.1) is 0 Å².